The lowest BCUT2D eigenvalue weighted by Gasteiger charge is -2.16. The molecule has 1 atom stereocenters. The molecule has 0 rings (SSSR count). The average molecular weight is 431 g/mol. The van der Waals surface area contributed by atoms with Crippen molar-refractivity contribution in [3.05, 3.63) is 60.8 Å². The molecule has 4 nitrogen and oxygen atoms in total. The maximum atomic E-state index is 11.8. The van der Waals surface area contributed by atoms with Crippen molar-refractivity contribution in [2.24, 2.45) is 5.73 Å². The summed E-state index contributed by atoms with van der Waals surface area (Å²) < 4.78 is 4.87. The first-order valence-electron chi connectivity index (χ1n) is 12.0. The van der Waals surface area contributed by atoms with Gasteiger partial charge in [0.05, 0.1) is 7.11 Å². The van der Waals surface area contributed by atoms with E-state index in [2.05, 4.69) is 73.0 Å². The first-order valence-corrected chi connectivity index (χ1v) is 12.0. The highest BCUT2D eigenvalue weighted by molar-refractivity contribution is 5.75. The molecule has 0 aliphatic rings. The fourth-order valence-corrected chi connectivity index (χ4v) is 2.97. The Labute approximate surface area is 191 Å². The molecule has 0 saturated heterocycles. The first kappa shape index (κ1) is 29.1. The molecule has 176 valence electrons. The van der Waals surface area contributed by atoms with Crippen molar-refractivity contribution >= 4 is 5.97 Å². The molecule has 0 aromatic carbocycles. The van der Waals surface area contributed by atoms with Gasteiger partial charge in [-0.05, 0) is 77.3 Å². The van der Waals surface area contributed by atoms with Crippen LogP contribution in [0.4, 0.5) is 0 Å². The predicted molar refractivity (Wildman–Crippen MR) is 135 cm³/mol. The molecule has 0 aliphatic heterocycles. The Hall–Kier alpha value is -1.91. The van der Waals surface area contributed by atoms with Crippen LogP contribution in [0, 0.1) is 0 Å². The van der Waals surface area contributed by atoms with Gasteiger partial charge in [0.1, 0.15) is 6.04 Å². The molecule has 31 heavy (non-hydrogen) atoms. The van der Waals surface area contributed by atoms with E-state index in [0.717, 1.165) is 77.2 Å². The Balaban J connectivity index is 3.67. The van der Waals surface area contributed by atoms with Crippen LogP contribution in [0.2, 0.25) is 0 Å². The third-order valence-electron chi connectivity index (χ3n) is 4.78. The minimum Gasteiger partial charge on any atom is -0.468 e. The highest BCUT2D eigenvalue weighted by Crippen LogP contribution is 2.04. The summed E-state index contributed by atoms with van der Waals surface area (Å²) in [7, 11) is 1.45. The summed E-state index contributed by atoms with van der Waals surface area (Å²) in [5.41, 5.74) is 5.52. The van der Waals surface area contributed by atoms with Crippen LogP contribution in [-0.4, -0.2) is 32.2 Å². The smallest absolute Gasteiger partial charge is 0.322 e. The van der Waals surface area contributed by atoms with Crippen molar-refractivity contribution in [3.8, 4) is 0 Å². The molecule has 0 bridgehead atoms. The molecule has 0 aliphatic carbocycles. The number of ether oxygens (including phenoxy) is 1. The molecule has 0 heterocycles. The maximum absolute atomic E-state index is 11.8. The molecular formula is C27H46N2O2. The molecular weight excluding hydrogens is 384 g/mol. The van der Waals surface area contributed by atoms with Crippen LogP contribution >= 0.6 is 0 Å². The Kier molecular flexibility index (Phi) is 22.9. The number of hydrogen-bond acceptors (Lipinski definition) is 4. The van der Waals surface area contributed by atoms with E-state index < -0.39 is 0 Å². The van der Waals surface area contributed by atoms with Crippen LogP contribution in [0.25, 0.3) is 0 Å². The molecule has 0 fully saturated rings. The first-order chi connectivity index (χ1) is 15.3. The van der Waals surface area contributed by atoms with E-state index in [1.54, 1.807) is 0 Å². The quantitative estimate of drug-likeness (QED) is 0.138. The van der Waals surface area contributed by atoms with Crippen molar-refractivity contribution in [3.63, 3.8) is 0 Å². The maximum Gasteiger partial charge on any atom is 0.322 e. The summed E-state index contributed by atoms with van der Waals surface area (Å²) in [5.74, 6) is -0.171. The van der Waals surface area contributed by atoms with E-state index in [4.69, 9.17) is 10.5 Å². The van der Waals surface area contributed by atoms with Crippen molar-refractivity contribution in [1.29, 1.82) is 0 Å². The largest absolute Gasteiger partial charge is 0.468 e. The minimum absolute atomic E-state index is 0.171. The van der Waals surface area contributed by atoms with Gasteiger partial charge in [-0.1, -0.05) is 74.1 Å². The molecule has 4 heteroatoms. The predicted octanol–water partition coefficient (Wildman–Crippen LogP) is 6.17. The Bertz CT molecular complexity index is 547. The molecule has 0 radical (unpaired) electrons. The highest BCUT2D eigenvalue weighted by Gasteiger charge is 2.17. The van der Waals surface area contributed by atoms with E-state index in [9.17, 15) is 4.79 Å². The second-order valence-corrected chi connectivity index (χ2v) is 7.52. The third kappa shape index (κ3) is 21.1. The Morgan fingerprint density at radius 3 is 1.87 bits per heavy atom. The van der Waals surface area contributed by atoms with Crippen molar-refractivity contribution < 1.29 is 9.53 Å². The lowest BCUT2D eigenvalue weighted by molar-refractivity contribution is -0.143. The van der Waals surface area contributed by atoms with Crippen molar-refractivity contribution in [1.82, 2.24) is 5.32 Å². The summed E-state index contributed by atoms with van der Waals surface area (Å²) in [4.78, 5) is 11.8. The number of carbonyl (C=O) groups is 1. The van der Waals surface area contributed by atoms with Gasteiger partial charge in [-0.25, -0.2) is 0 Å². The number of hydrogen-bond donors (Lipinski definition) is 2. The standard InChI is InChI=1S/C27H46N2O2/c1-3-4-5-6-7-8-9-10-11-12-13-14-15-16-17-18-19-22-25-29-26(27(30)31-2)23-20-21-24-28/h4-5,7-8,10-11,13-14,16-17,26,29H,3,6,9,12,15,18-25,28H2,1-2H3/b5-4-,8-7?,11-10?,14-13-,17-16-. The number of rotatable bonds is 20. The van der Waals surface area contributed by atoms with Crippen LogP contribution in [-0.2, 0) is 9.53 Å². The minimum atomic E-state index is -0.203. The van der Waals surface area contributed by atoms with Crippen molar-refractivity contribution in [2.45, 2.75) is 83.6 Å². The fraction of sp³-hybridized carbons (Fsp3) is 0.593. The molecule has 1 unspecified atom stereocenters. The second-order valence-electron chi connectivity index (χ2n) is 7.52. The van der Waals surface area contributed by atoms with Gasteiger partial charge < -0.3 is 15.8 Å². The molecule has 0 aromatic heterocycles. The fourth-order valence-electron chi connectivity index (χ4n) is 2.97. The van der Waals surface area contributed by atoms with Crippen LogP contribution in [0.1, 0.15) is 77.6 Å². The zero-order valence-electron chi connectivity index (χ0n) is 19.9. The lowest BCUT2D eigenvalue weighted by atomic mass is 10.1. The molecule has 3 N–H and O–H groups in total. The zero-order valence-corrected chi connectivity index (χ0v) is 19.9. The third-order valence-corrected chi connectivity index (χ3v) is 4.78. The van der Waals surface area contributed by atoms with Gasteiger partial charge in [0.25, 0.3) is 0 Å². The van der Waals surface area contributed by atoms with Crippen molar-refractivity contribution in [2.75, 3.05) is 20.2 Å². The van der Waals surface area contributed by atoms with E-state index in [1.807, 2.05) is 0 Å². The van der Waals surface area contributed by atoms with Gasteiger partial charge in [0.15, 0.2) is 0 Å². The number of nitrogens with two attached hydrogens (primary N) is 1. The summed E-state index contributed by atoms with van der Waals surface area (Å²) in [5, 5.41) is 3.32. The highest BCUT2D eigenvalue weighted by atomic mass is 16.5. The normalized spacial score (nSPS) is 13.5. The van der Waals surface area contributed by atoms with Gasteiger partial charge in [-0.2, -0.15) is 0 Å². The monoisotopic (exact) mass is 430 g/mol. The van der Waals surface area contributed by atoms with E-state index >= 15 is 0 Å². The molecule has 0 amide bonds. The van der Waals surface area contributed by atoms with Crippen LogP contribution in [0.15, 0.2) is 60.8 Å². The summed E-state index contributed by atoms with van der Waals surface area (Å²) in [6.07, 6.45) is 33.3. The van der Waals surface area contributed by atoms with Gasteiger partial charge >= 0.3 is 5.97 Å². The van der Waals surface area contributed by atoms with Gasteiger partial charge in [-0.3, -0.25) is 4.79 Å². The van der Waals surface area contributed by atoms with Crippen LogP contribution < -0.4 is 11.1 Å². The number of esters is 1. The number of unbranched alkanes of at least 4 members (excludes halogenated alkanes) is 3. The summed E-state index contributed by atoms with van der Waals surface area (Å²) >= 11 is 0. The number of carbonyl (C=O) groups excluding carboxylic acids is 1. The summed E-state index contributed by atoms with van der Waals surface area (Å²) in [6, 6.07) is -0.203. The Morgan fingerprint density at radius 1 is 0.806 bits per heavy atom. The SMILES string of the molecule is CC/C=C\CC=CCC=CC/C=C\C/C=C\CCCCNC(CCCCN)C(=O)OC. The van der Waals surface area contributed by atoms with Gasteiger partial charge in [0.2, 0.25) is 0 Å². The number of nitrogens with one attached hydrogen (secondary N) is 1. The topological polar surface area (TPSA) is 64.3 Å². The zero-order chi connectivity index (χ0) is 22.8. The van der Waals surface area contributed by atoms with Crippen LogP contribution in [0.3, 0.4) is 0 Å². The summed E-state index contributed by atoms with van der Waals surface area (Å²) in [6.45, 7) is 3.66. The lowest BCUT2D eigenvalue weighted by Crippen LogP contribution is -2.38. The second kappa shape index (κ2) is 24.4. The molecule has 0 spiro atoms. The molecule has 0 saturated carbocycles. The molecule has 0 aromatic rings. The van der Waals surface area contributed by atoms with E-state index in [0.29, 0.717) is 6.54 Å². The number of allylic oxidation sites excluding steroid dienone is 10. The van der Waals surface area contributed by atoms with E-state index in [1.165, 1.54) is 7.11 Å². The van der Waals surface area contributed by atoms with E-state index in [-0.39, 0.29) is 12.0 Å². The number of methoxy groups -OCH3 is 1. The average Bonchev–Trinajstić information content (AvgIpc) is 2.79. The Morgan fingerprint density at radius 2 is 1.35 bits per heavy atom. The van der Waals surface area contributed by atoms with Gasteiger partial charge in [0, 0.05) is 0 Å². The van der Waals surface area contributed by atoms with Gasteiger partial charge in [-0.15, -0.1) is 0 Å². The van der Waals surface area contributed by atoms with Crippen LogP contribution in [0.5, 0.6) is 0 Å².